The number of alkyl carbamates (subject to hydrolysis) is 1. The number of carbonyl (C=O) groups excluding carboxylic acids is 2. The van der Waals surface area contributed by atoms with E-state index in [2.05, 4.69) is 34.9 Å². The molecule has 35 heavy (non-hydrogen) atoms. The number of fused-ring (bicyclic) bond motifs is 4. The molecule has 5 atom stereocenters. The van der Waals surface area contributed by atoms with Crippen molar-refractivity contribution in [3.8, 4) is 11.1 Å². The number of carboxylic acids is 1. The third-order valence-electron chi connectivity index (χ3n) is 7.79. The van der Waals surface area contributed by atoms with Crippen molar-refractivity contribution in [2.75, 3.05) is 20.3 Å². The van der Waals surface area contributed by atoms with Gasteiger partial charge in [0.25, 0.3) is 0 Å². The van der Waals surface area contributed by atoms with Gasteiger partial charge in [-0.1, -0.05) is 48.5 Å². The minimum absolute atomic E-state index is 0.0103. The van der Waals surface area contributed by atoms with E-state index >= 15 is 0 Å². The summed E-state index contributed by atoms with van der Waals surface area (Å²) in [7, 11) is 1.40. The van der Waals surface area contributed by atoms with Crippen LogP contribution in [0.1, 0.15) is 36.3 Å². The Morgan fingerprint density at radius 2 is 1.66 bits per heavy atom. The molecule has 3 N–H and O–H groups in total. The van der Waals surface area contributed by atoms with Crippen molar-refractivity contribution in [1.82, 2.24) is 10.6 Å². The van der Waals surface area contributed by atoms with Crippen LogP contribution < -0.4 is 10.6 Å². The molecule has 0 bridgehead atoms. The number of hydrogen-bond acceptors (Lipinski definition) is 5. The Morgan fingerprint density at radius 1 is 1.00 bits per heavy atom. The lowest BCUT2D eigenvalue weighted by Gasteiger charge is -2.40. The van der Waals surface area contributed by atoms with Crippen LogP contribution in [0.25, 0.3) is 11.1 Å². The fourth-order valence-electron chi connectivity index (χ4n) is 6.03. The maximum Gasteiger partial charge on any atom is 0.407 e. The first-order valence-electron chi connectivity index (χ1n) is 12.1. The first-order chi connectivity index (χ1) is 17.0. The molecule has 8 heteroatoms. The van der Waals surface area contributed by atoms with Crippen molar-refractivity contribution < 1.29 is 29.0 Å². The molecule has 2 fully saturated rings. The van der Waals surface area contributed by atoms with Gasteiger partial charge in [-0.3, -0.25) is 4.79 Å². The van der Waals surface area contributed by atoms with Crippen molar-refractivity contribution in [2.24, 2.45) is 17.8 Å². The predicted octanol–water partition coefficient (Wildman–Crippen LogP) is 3.16. The molecule has 3 aliphatic carbocycles. The first kappa shape index (κ1) is 23.4. The van der Waals surface area contributed by atoms with Gasteiger partial charge >= 0.3 is 12.1 Å². The van der Waals surface area contributed by atoms with Gasteiger partial charge < -0.3 is 25.2 Å². The van der Waals surface area contributed by atoms with Gasteiger partial charge in [-0.2, -0.15) is 0 Å². The molecule has 0 spiro atoms. The van der Waals surface area contributed by atoms with Crippen LogP contribution in [0.4, 0.5) is 4.79 Å². The van der Waals surface area contributed by atoms with E-state index in [1.54, 1.807) is 0 Å². The minimum Gasteiger partial charge on any atom is -0.480 e. The van der Waals surface area contributed by atoms with E-state index < -0.39 is 18.1 Å². The molecular formula is C27H30N2O6. The lowest BCUT2D eigenvalue weighted by molar-refractivity contribution is -0.144. The number of methoxy groups -OCH3 is 1. The van der Waals surface area contributed by atoms with Crippen LogP contribution in [0.15, 0.2) is 48.5 Å². The quantitative estimate of drug-likeness (QED) is 0.537. The van der Waals surface area contributed by atoms with E-state index in [0.717, 1.165) is 6.42 Å². The van der Waals surface area contributed by atoms with Crippen molar-refractivity contribution in [3.63, 3.8) is 0 Å². The van der Waals surface area contributed by atoms with Crippen molar-refractivity contribution in [3.05, 3.63) is 59.7 Å². The van der Waals surface area contributed by atoms with Crippen LogP contribution in [-0.2, 0) is 19.1 Å². The summed E-state index contributed by atoms with van der Waals surface area (Å²) in [6.07, 6.45) is 1.70. The van der Waals surface area contributed by atoms with Crippen molar-refractivity contribution in [1.29, 1.82) is 0 Å². The molecule has 1 unspecified atom stereocenters. The van der Waals surface area contributed by atoms with E-state index in [0.29, 0.717) is 18.8 Å². The number of carboxylic acid groups (broad SMARTS) is 1. The fraction of sp³-hybridized carbons (Fsp3) is 0.444. The highest BCUT2D eigenvalue weighted by molar-refractivity contribution is 5.85. The number of amides is 2. The summed E-state index contributed by atoms with van der Waals surface area (Å²) in [5.41, 5.74) is 4.71. The van der Waals surface area contributed by atoms with Gasteiger partial charge in [0.15, 0.2) is 6.04 Å². The highest BCUT2D eigenvalue weighted by Crippen LogP contribution is 2.50. The summed E-state index contributed by atoms with van der Waals surface area (Å²) in [4.78, 5) is 36.5. The second-order valence-corrected chi connectivity index (χ2v) is 9.76. The smallest absolute Gasteiger partial charge is 0.407 e. The Balaban J connectivity index is 1.13. The van der Waals surface area contributed by atoms with Gasteiger partial charge in [0.1, 0.15) is 6.61 Å². The second-order valence-electron chi connectivity index (χ2n) is 9.76. The van der Waals surface area contributed by atoms with Crippen LogP contribution in [-0.4, -0.2) is 55.5 Å². The lowest BCUT2D eigenvalue weighted by Crippen LogP contribution is -2.50. The van der Waals surface area contributed by atoms with Gasteiger partial charge in [-0.05, 0) is 53.4 Å². The van der Waals surface area contributed by atoms with E-state index in [-0.39, 0.29) is 42.9 Å². The fourth-order valence-corrected chi connectivity index (χ4v) is 6.03. The van der Waals surface area contributed by atoms with E-state index in [1.807, 2.05) is 24.3 Å². The lowest BCUT2D eigenvalue weighted by atomic mass is 9.71. The molecule has 0 aromatic heterocycles. The van der Waals surface area contributed by atoms with Crippen molar-refractivity contribution in [2.45, 2.75) is 37.3 Å². The number of carbonyl (C=O) groups is 3. The third-order valence-corrected chi connectivity index (χ3v) is 7.79. The number of rotatable bonds is 8. The van der Waals surface area contributed by atoms with E-state index in [1.165, 1.54) is 29.4 Å². The standard InChI is InChI=1S/C27H30N2O6/c1-34-14-24(26(31)32)28-25(30)16-10-15-12-23(21(15)11-16)29-27(33)35-13-22-19-8-4-2-6-17(19)18-7-3-5-9-20(18)22/h2-9,15-16,21-24H,10-14H2,1H3,(H,28,30)(H,29,33)(H,31,32)/t15-,16?,21-,23+,24+/m1/s1. The maximum atomic E-state index is 12.6. The summed E-state index contributed by atoms with van der Waals surface area (Å²) in [5.74, 6) is -1.05. The summed E-state index contributed by atoms with van der Waals surface area (Å²) in [6.45, 7) is 0.189. The highest BCUT2D eigenvalue weighted by Gasteiger charge is 2.50. The Hall–Kier alpha value is -3.39. The SMILES string of the molecule is COC[C@H](NC(=O)C1C[C@@H]2C[C@H](NC(=O)OCC3c4ccccc4-c4ccccc43)[C@@H]2C1)C(=O)O. The normalized spacial score (nSPS) is 24.9. The molecule has 2 amide bonds. The summed E-state index contributed by atoms with van der Waals surface area (Å²) >= 11 is 0. The number of nitrogens with one attached hydrogen (secondary N) is 2. The van der Waals surface area contributed by atoms with Gasteiger partial charge in [-0.25, -0.2) is 9.59 Å². The topological polar surface area (TPSA) is 114 Å². The summed E-state index contributed by atoms with van der Waals surface area (Å²) in [5, 5.41) is 14.8. The number of aliphatic carboxylic acids is 1. The molecule has 2 aromatic carbocycles. The Kier molecular flexibility index (Phi) is 6.47. The minimum atomic E-state index is -1.11. The predicted molar refractivity (Wildman–Crippen MR) is 128 cm³/mol. The maximum absolute atomic E-state index is 12.6. The molecule has 184 valence electrons. The third kappa shape index (κ3) is 4.50. The molecule has 2 saturated carbocycles. The van der Waals surface area contributed by atoms with Crippen LogP contribution >= 0.6 is 0 Å². The van der Waals surface area contributed by atoms with Crippen LogP contribution in [0.2, 0.25) is 0 Å². The molecule has 0 aliphatic heterocycles. The molecule has 5 rings (SSSR count). The molecule has 3 aliphatic rings. The molecule has 0 heterocycles. The molecule has 0 radical (unpaired) electrons. The molecule has 0 saturated heterocycles. The zero-order valence-electron chi connectivity index (χ0n) is 19.6. The number of hydrogen-bond donors (Lipinski definition) is 3. The highest BCUT2D eigenvalue weighted by atomic mass is 16.5. The van der Waals surface area contributed by atoms with Gasteiger partial charge in [0, 0.05) is 25.0 Å². The first-order valence-corrected chi connectivity index (χ1v) is 12.1. The molecule has 8 nitrogen and oxygen atoms in total. The van der Waals surface area contributed by atoms with Crippen molar-refractivity contribution >= 4 is 18.0 Å². The van der Waals surface area contributed by atoms with Crippen LogP contribution in [0.3, 0.4) is 0 Å². The molecule has 2 aromatic rings. The zero-order valence-corrected chi connectivity index (χ0v) is 19.6. The zero-order chi connectivity index (χ0) is 24.5. The van der Waals surface area contributed by atoms with Gasteiger partial charge in [0.2, 0.25) is 5.91 Å². The monoisotopic (exact) mass is 478 g/mol. The molecular weight excluding hydrogens is 448 g/mol. The van der Waals surface area contributed by atoms with Gasteiger partial charge in [0.05, 0.1) is 6.61 Å². The number of benzene rings is 2. The van der Waals surface area contributed by atoms with Crippen LogP contribution in [0, 0.1) is 17.8 Å². The Labute approximate surface area is 204 Å². The second kappa shape index (κ2) is 9.70. The van der Waals surface area contributed by atoms with Gasteiger partial charge in [-0.15, -0.1) is 0 Å². The summed E-state index contributed by atoms with van der Waals surface area (Å²) < 4.78 is 10.6. The largest absolute Gasteiger partial charge is 0.480 e. The summed E-state index contributed by atoms with van der Waals surface area (Å²) in [6, 6.07) is 15.3. The number of ether oxygens (including phenoxy) is 2. The van der Waals surface area contributed by atoms with E-state index in [9.17, 15) is 19.5 Å². The van der Waals surface area contributed by atoms with E-state index in [4.69, 9.17) is 9.47 Å². The average molecular weight is 479 g/mol. The Morgan fingerprint density at radius 3 is 2.29 bits per heavy atom. The van der Waals surface area contributed by atoms with Crippen LogP contribution in [0.5, 0.6) is 0 Å². The Bertz CT molecular complexity index is 1090. The average Bonchev–Trinajstić information content (AvgIpc) is 3.36.